The Hall–Kier alpha value is -1.24. The number of carbonyl (C=O) groups is 1. The molecule has 1 fully saturated rings. The van der Waals surface area contributed by atoms with E-state index in [1.165, 1.54) is 10.4 Å². The fourth-order valence-corrected chi connectivity index (χ4v) is 5.65. The smallest absolute Gasteiger partial charge is 0.254 e. The van der Waals surface area contributed by atoms with Crippen LogP contribution in [0.25, 0.3) is 5.00 Å². The summed E-state index contributed by atoms with van der Waals surface area (Å²) in [5.41, 5.74) is 2.13. The fourth-order valence-electron chi connectivity index (χ4n) is 3.20. The average molecular weight is 348 g/mol. The number of carbonyl (C=O) groups excluding carboxylic acids is 1. The fraction of sp³-hybridized carbons (Fsp3) is 0.471. The Morgan fingerprint density at radius 3 is 3.04 bits per heavy atom. The Kier molecular flexibility index (Phi) is 4.46. The van der Waals surface area contributed by atoms with Crippen LogP contribution in [-0.2, 0) is 16.9 Å². The van der Waals surface area contributed by atoms with Gasteiger partial charge in [0.15, 0.2) is 0 Å². The van der Waals surface area contributed by atoms with Crippen LogP contribution in [0, 0.1) is 0 Å². The van der Waals surface area contributed by atoms with Crippen LogP contribution in [0.1, 0.15) is 33.6 Å². The molecule has 4 heterocycles. The molecule has 4 rings (SSSR count). The molecule has 0 aromatic carbocycles. The van der Waals surface area contributed by atoms with E-state index in [1.807, 2.05) is 36.3 Å². The van der Waals surface area contributed by atoms with Gasteiger partial charge < -0.3 is 14.6 Å². The molecule has 1 atom stereocenters. The van der Waals surface area contributed by atoms with Crippen molar-refractivity contribution in [2.24, 2.45) is 0 Å². The molecule has 0 spiro atoms. The topological polar surface area (TPSA) is 43.3 Å². The maximum Gasteiger partial charge on any atom is 0.254 e. The van der Waals surface area contributed by atoms with Crippen LogP contribution < -0.4 is 5.32 Å². The zero-order valence-corrected chi connectivity index (χ0v) is 14.5. The van der Waals surface area contributed by atoms with E-state index in [0.29, 0.717) is 6.54 Å². The van der Waals surface area contributed by atoms with E-state index in [4.69, 9.17) is 4.74 Å². The van der Waals surface area contributed by atoms with Crippen molar-refractivity contribution in [2.45, 2.75) is 31.1 Å². The highest BCUT2D eigenvalue weighted by Crippen LogP contribution is 2.38. The second kappa shape index (κ2) is 6.71. The van der Waals surface area contributed by atoms with Crippen molar-refractivity contribution < 1.29 is 9.53 Å². The Morgan fingerprint density at radius 1 is 1.39 bits per heavy atom. The van der Waals surface area contributed by atoms with E-state index in [-0.39, 0.29) is 12.0 Å². The number of fused-ring (bicyclic) bond motifs is 1. The number of thiophene rings is 1. The highest BCUT2D eigenvalue weighted by Gasteiger charge is 2.27. The molecule has 6 heteroatoms. The van der Waals surface area contributed by atoms with Gasteiger partial charge in [-0.25, -0.2) is 0 Å². The number of amides is 1. The third-order valence-corrected chi connectivity index (χ3v) is 6.80. The number of hydrogen-bond donors (Lipinski definition) is 1. The number of ether oxygens (including phenoxy) is 1. The summed E-state index contributed by atoms with van der Waals surface area (Å²) in [6.45, 7) is 1.43. The molecule has 4 nitrogen and oxygen atoms in total. The van der Waals surface area contributed by atoms with Gasteiger partial charge in [0.25, 0.3) is 5.91 Å². The number of hydrogen-bond acceptors (Lipinski definition) is 4. The summed E-state index contributed by atoms with van der Waals surface area (Å²) in [5.74, 6) is 2.17. The van der Waals surface area contributed by atoms with Gasteiger partial charge in [0.05, 0.1) is 11.7 Å². The van der Waals surface area contributed by atoms with Crippen molar-refractivity contribution in [3.63, 3.8) is 0 Å². The predicted molar refractivity (Wildman–Crippen MR) is 94.8 cm³/mol. The molecule has 0 saturated carbocycles. The van der Waals surface area contributed by atoms with Crippen molar-refractivity contribution >= 4 is 29.0 Å². The standard InChI is InChI=1S/C17H20N2O2S2/c20-16(18-10-12-4-3-8-21-12)15-13-5-9-22-11-14(13)23-17(15)19-6-1-2-7-19/h1-2,6-7,12H,3-5,8-11H2,(H,18,20). The highest BCUT2D eigenvalue weighted by molar-refractivity contribution is 7.98. The normalized spacial score (nSPS) is 20.4. The minimum absolute atomic E-state index is 0.0496. The molecule has 1 amide bonds. The maximum absolute atomic E-state index is 12.9. The quantitative estimate of drug-likeness (QED) is 0.922. The summed E-state index contributed by atoms with van der Waals surface area (Å²) in [4.78, 5) is 14.2. The average Bonchev–Trinajstić information content (AvgIpc) is 3.31. The van der Waals surface area contributed by atoms with Crippen LogP contribution >= 0.6 is 23.1 Å². The molecular weight excluding hydrogens is 328 g/mol. The molecule has 2 aliphatic rings. The van der Waals surface area contributed by atoms with Gasteiger partial charge in [-0.1, -0.05) is 0 Å². The minimum atomic E-state index is 0.0496. The molecule has 2 aromatic rings. The van der Waals surface area contributed by atoms with Crippen LogP contribution in [0.5, 0.6) is 0 Å². The van der Waals surface area contributed by atoms with Crippen LogP contribution in [0.4, 0.5) is 0 Å². The van der Waals surface area contributed by atoms with E-state index in [2.05, 4.69) is 9.88 Å². The third kappa shape index (κ3) is 3.07. The van der Waals surface area contributed by atoms with Crippen molar-refractivity contribution in [1.29, 1.82) is 0 Å². The zero-order chi connectivity index (χ0) is 15.6. The summed E-state index contributed by atoms with van der Waals surface area (Å²) < 4.78 is 7.68. The molecule has 2 aliphatic heterocycles. The summed E-state index contributed by atoms with van der Waals surface area (Å²) in [6.07, 6.45) is 7.34. The lowest BCUT2D eigenvalue weighted by Gasteiger charge is -2.15. The van der Waals surface area contributed by atoms with E-state index < -0.39 is 0 Å². The summed E-state index contributed by atoms with van der Waals surface area (Å²) in [6, 6.07) is 4.00. The van der Waals surface area contributed by atoms with Gasteiger partial charge in [-0.15, -0.1) is 11.3 Å². The summed E-state index contributed by atoms with van der Waals surface area (Å²) in [7, 11) is 0. The number of rotatable bonds is 4. The highest BCUT2D eigenvalue weighted by atomic mass is 32.2. The van der Waals surface area contributed by atoms with Crippen LogP contribution in [0.2, 0.25) is 0 Å². The first-order chi connectivity index (χ1) is 11.3. The molecule has 0 bridgehead atoms. The van der Waals surface area contributed by atoms with Crippen LogP contribution in [0.15, 0.2) is 24.5 Å². The second-order valence-corrected chi connectivity index (χ2v) is 8.11. The number of nitrogens with zero attached hydrogens (tertiary/aromatic N) is 1. The van der Waals surface area contributed by atoms with Crippen molar-refractivity contribution in [3.8, 4) is 5.00 Å². The number of aromatic nitrogens is 1. The second-order valence-electron chi connectivity index (χ2n) is 5.92. The van der Waals surface area contributed by atoms with Crippen molar-refractivity contribution in [2.75, 3.05) is 18.9 Å². The van der Waals surface area contributed by atoms with E-state index in [1.54, 1.807) is 11.3 Å². The van der Waals surface area contributed by atoms with E-state index in [9.17, 15) is 4.79 Å². The van der Waals surface area contributed by atoms with Gasteiger partial charge >= 0.3 is 0 Å². The molecular formula is C17H20N2O2S2. The molecule has 1 saturated heterocycles. The molecule has 0 aliphatic carbocycles. The lowest BCUT2D eigenvalue weighted by Crippen LogP contribution is -2.32. The maximum atomic E-state index is 12.9. The predicted octanol–water partition coefficient (Wildman–Crippen LogP) is 3.24. The SMILES string of the molecule is O=C(NCC1CCCO1)c1c(-n2cccc2)sc2c1CCSC2. The Balaban J connectivity index is 1.62. The van der Waals surface area contributed by atoms with Gasteiger partial charge in [-0.2, -0.15) is 11.8 Å². The molecule has 23 heavy (non-hydrogen) atoms. The van der Waals surface area contributed by atoms with Crippen molar-refractivity contribution in [1.82, 2.24) is 9.88 Å². The molecule has 1 N–H and O–H groups in total. The zero-order valence-electron chi connectivity index (χ0n) is 12.9. The van der Waals surface area contributed by atoms with E-state index in [0.717, 1.165) is 47.9 Å². The number of nitrogens with one attached hydrogen (secondary N) is 1. The monoisotopic (exact) mass is 348 g/mol. The summed E-state index contributed by atoms with van der Waals surface area (Å²) >= 11 is 3.71. The number of thioether (sulfide) groups is 1. The van der Waals surface area contributed by atoms with E-state index >= 15 is 0 Å². The largest absolute Gasteiger partial charge is 0.376 e. The lowest BCUT2D eigenvalue weighted by molar-refractivity contribution is 0.0857. The van der Waals surface area contributed by atoms with Crippen molar-refractivity contribution in [3.05, 3.63) is 40.5 Å². The third-order valence-electron chi connectivity index (χ3n) is 4.38. The van der Waals surface area contributed by atoms with Gasteiger partial charge in [-0.05, 0) is 42.7 Å². The summed E-state index contributed by atoms with van der Waals surface area (Å²) in [5, 5.41) is 4.15. The Morgan fingerprint density at radius 2 is 2.26 bits per heavy atom. The van der Waals surface area contributed by atoms with Gasteiger partial charge in [-0.3, -0.25) is 4.79 Å². The van der Waals surface area contributed by atoms with Gasteiger partial charge in [0, 0.05) is 36.2 Å². The lowest BCUT2D eigenvalue weighted by atomic mass is 10.1. The van der Waals surface area contributed by atoms with Crippen LogP contribution in [-0.4, -0.2) is 35.5 Å². The Bertz CT molecular complexity index is 688. The first-order valence-corrected chi connectivity index (χ1v) is 10.1. The van der Waals surface area contributed by atoms with Crippen LogP contribution in [0.3, 0.4) is 0 Å². The molecule has 2 aromatic heterocycles. The Labute approximate surface area is 144 Å². The van der Waals surface area contributed by atoms with Gasteiger partial charge in [0.1, 0.15) is 5.00 Å². The first-order valence-electron chi connectivity index (χ1n) is 8.08. The first kappa shape index (κ1) is 15.3. The van der Waals surface area contributed by atoms with Gasteiger partial charge in [0.2, 0.25) is 0 Å². The minimum Gasteiger partial charge on any atom is -0.376 e. The molecule has 122 valence electrons. The molecule has 1 unspecified atom stereocenters. The molecule has 0 radical (unpaired) electrons.